The lowest BCUT2D eigenvalue weighted by molar-refractivity contribution is 0.0841. The smallest absolute Gasteiger partial charge is 0.0125 e. The van der Waals surface area contributed by atoms with Crippen molar-refractivity contribution in [2.24, 2.45) is 17.8 Å². The normalized spacial score (nSPS) is 23.7. The average molecular weight is 323 g/mol. The van der Waals surface area contributed by atoms with E-state index >= 15 is 0 Å². The van der Waals surface area contributed by atoms with Crippen LogP contribution in [0.15, 0.2) is 0 Å². The largest absolute Gasteiger partial charge is 0.303 e. The Morgan fingerprint density at radius 2 is 1.48 bits per heavy atom. The summed E-state index contributed by atoms with van der Waals surface area (Å²) in [5, 5.41) is 0. The molecule has 0 unspecified atom stereocenters. The van der Waals surface area contributed by atoms with Gasteiger partial charge in [0.25, 0.3) is 0 Å². The summed E-state index contributed by atoms with van der Waals surface area (Å²) >= 11 is 0. The number of hydrogen-bond donors (Lipinski definition) is 0. The van der Waals surface area contributed by atoms with Gasteiger partial charge in [-0.25, -0.2) is 0 Å². The van der Waals surface area contributed by atoms with Gasteiger partial charge in [0, 0.05) is 5.54 Å². The minimum absolute atomic E-state index is 0.368. The Balaban J connectivity index is 1.52. The third-order valence-electron chi connectivity index (χ3n) is 6.47. The number of unbranched alkanes of at least 4 members (excludes halogenated alkanes) is 1. The van der Waals surface area contributed by atoms with E-state index < -0.39 is 0 Å². The Labute approximate surface area is 146 Å². The van der Waals surface area contributed by atoms with E-state index in [0.29, 0.717) is 5.54 Å². The third-order valence-corrected chi connectivity index (χ3v) is 6.47. The van der Waals surface area contributed by atoms with Gasteiger partial charge in [-0.2, -0.15) is 0 Å². The first-order chi connectivity index (χ1) is 10.9. The molecule has 0 aromatic rings. The fourth-order valence-corrected chi connectivity index (χ4v) is 4.50. The fourth-order valence-electron chi connectivity index (χ4n) is 4.50. The van der Waals surface area contributed by atoms with Crippen LogP contribution in [0, 0.1) is 17.8 Å². The summed E-state index contributed by atoms with van der Waals surface area (Å²) in [7, 11) is 0. The van der Waals surface area contributed by atoms with Crippen molar-refractivity contribution in [2.45, 2.75) is 85.1 Å². The topological polar surface area (TPSA) is 6.48 Å². The van der Waals surface area contributed by atoms with Crippen molar-refractivity contribution in [1.82, 2.24) is 9.80 Å². The molecule has 0 radical (unpaired) electrons. The summed E-state index contributed by atoms with van der Waals surface area (Å²) in [6.45, 7) is 18.6. The average Bonchev–Trinajstić information content (AvgIpc) is 2.51. The first-order valence-electron chi connectivity index (χ1n) is 10.3. The predicted molar refractivity (Wildman–Crippen MR) is 102 cm³/mol. The lowest BCUT2D eigenvalue weighted by Gasteiger charge is -2.41. The number of piperidine rings is 2. The van der Waals surface area contributed by atoms with Crippen LogP contribution in [-0.4, -0.2) is 48.1 Å². The molecule has 23 heavy (non-hydrogen) atoms. The highest BCUT2D eigenvalue weighted by Gasteiger charge is 2.26. The Morgan fingerprint density at radius 3 is 2.00 bits per heavy atom. The third kappa shape index (κ3) is 6.38. The van der Waals surface area contributed by atoms with Crippen molar-refractivity contribution in [3.63, 3.8) is 0 Å². The molecular formula is C21H42N2. The van der Waals surface area contributed by atoms with Crippen molar-refractivity contribution in [2.75, 3.05) is 32.7 Å². The van der Waals surface area contributed by atoms with E-state index in [-0.39, 0.29) is 0 Å². The molecule has 0 bridgehead atoms. The van der Waals surface area contributed by atoms with E-state index in [1.54, 1.807) is 0 Å². The molecule has 0 spiro atoms. The highest BCUT2D eigenvalue weighted by Crippen LogP contribution is 2.28. The Morgan fingerprint density at radius 1 is 0.870 bits per heavy atom. The predicted octanol–water partition coefficient (Wildman–Crippen LogP) is 5.04. The molecule has 0 aliphatic carbocycles. The van der Waals surface area contributed by atoms with Gasteiger partial charge >= 0.3 is 0 Å². The van der Waals surface area contributed by atoms with Crippen molar-refractivity contribution in [3.05, 3.63) is 0 Å². The van der Waals surface area contributed by atoms with Crippen LogP contribution < -0.4 is 0 Å². The van der Waals surface area contributed by atoms with Crippen LogP contribution in [0.3, 0.4) is 0 Å². The van der Waals surface area contributed by atoms with Crippen LogP contribution in [0.25, 0.3) is 0 Å². The zero-order valence-electron chi connectivity index (χ0n) is 16.6. The quantitative estimate of drug-likeness (QED) is 0.632. The summed E-state index contributed by atoms with van der Waals surface area (Å²) in [4.78, 5) is 5.39. The van der Waals surface area contributed by atoms with Gasteiger partial charge < -0.3 is 4.90 Å². The van der Waals surface area contributed by atoms with Gasteiger partial charge in [0.1, 0.15) is 0 Å². The zero-order chi connectivity index (χ0) is 16.9. The van der Waals surface area contributed by atoms with Gasteiger partial charge in [-0.05, 0) is 103 Å². The minimum Gasteiger partial charge on any atom is -0.303 e. The maximum atomic E-state index is 2.72. The molecular weight excluding hydrogens is 280 g/mol. The van der Waals surface area contributed by atoms with Gasteiger partial charge in [0.05, 0.1) is 0 Å². The van der Waals surface area contributed by atoms with E-state index in [1.807, 2.05) is 0 Å². The Kier molecular flexibility index (Phi) is 7.41. The molecule has 0 aromatic carbocycles. The lowest BCUT2D eigenvalue weighted by Crippen LogP contribution is -2.46. The molecule has 0 saturated carbocycles. The first-order valence-corrected chi connectivity index (χ1v) is 10.3. The molecule has 0 amide bonds. The maximum Gasteiger partial charge on any atom is 0.0125 e. The maximum absolute atomic E-state index is 2.72. The molecule has 0 N–H and O–H groups in total. The summed E-state index contributed by atoms with van der Waals surface area (Å²) in [6, 6.07) is 0. The molecule has 2 fully saturated rings. The van der Waals surface area contributed by atoms with Crippen LogP contribution in [0.5, 0.6) is 0 Å². The minimum atomic E-state index is 0.368. The molecule has 2 aliphatic rings. The van der Waals surface area contributed by atoms with Crippen molar-refractivity contribution < 1.29 is 0 Å². The summed E-state index contributed by atoms with van der Waals surface area (Å²) in [5.41, 5.74) is 0.368. The van der Waals surface area contributed by atoms with E-state index in [0.717, 1.165) is 17.8 Å². The van der Waals surface area contributed by atoms with Crippen LogP contribution in [0.4, 0.5) is 0 Å². The molecule has 0 aromatic heterocycles. The molecule has 2 saturated heterocycles. The Hall–Kier alpha value is -0.0800. The number of nitrogens with zero attached hydrogens (tertiary/aromatic N) is 2. The van der Waals surface area contributed by atoms with E-state index in [9.17, 15) is 0 Å². The fraction of sp³-hybridized carbons (Fsp3) is 1.00. The molecule has 136 valence electrons. The molecule has 2 heteroatoms. The first kappa shape index (κ1) is 19.2. The molecule has 0 atom stereocenters. The van der Waals surface area contributed by atoms with Gasteiger partial charge in [-0.3, -0.25) is 4.90 Å². The van der Waals surface area contributed by atoms with Crippen molar-refractivity contribution in [3.8, 4) is 0 Å². The van der Waals surface area contributed by atoms with Crippen LogP contribution in [0.1, 0.15) is 79.6 Å². The standard InChI is InChI=1S/C21H42N2/c1-18(2)20-11-14-22(15-12-20)13-7-6-8-19-9-16-23(17-10-19)21(3,4)5/h18-20H,6-17H2,1-5H3. The van der Waals surface area contributed by atoms with Crippen LogP contribution in [-0.2, 0) is 0 Å². The van der Waals surface area contributed by atoms with E-state index in [2.05, 4.69) is 44.4 Å². The number of likely N-dealkylation sites (tertiary alicyclic amines) is 2. The van der Waals surface area contributed by atoms with E-state index in [4.69, 9.17) is 0 Å². The van der Waals surface area contributed by atoms with E-state index in [1.165, 1.54) is 77.7 Å². The summed E-state index contributed by atoms with van der Waals surface area (Å²) in [6.07, 6.45) is 10.1. The second-order valence-corrected chi connectivity index (χ2v) is 9.52. The zero-order valence-corrected chi connectivity index (χ0v) is 16.6. The molecule has 2 nitrogen and oxygen atoms in total. The van der Waals surface area contributed by atoms with Gasteiger partial charge in [0.15, 0.2) is 0 Å². The van der Waals surface area contributed by atoms with Gasteiger partial charge in [0.2, 0.25) is 0 Å². The molecule has 2 heterocycles. The van der Waals surface area contributed by atoms with Crippen molar-refractivity contribution >= 4 is 0 Å². The second-order valence-electron chi connectivity index (χ2n) is 9.52. The lowest BCUT2D eigenvalue weighted by atomic mass is 9.86. The number of hydrogen-bond acceptors (Lipinski definition) is 2. The molecule has 2 rings (SSSR count). The van der Waals surface area contributed by atoms with Crippen molar-refractivity contribution in [1.29, 1.82) is 0 Å². The second kappa shape index (κ2) is 8.85. The highest BCUT2D eigenvalue weighted by molar-refractivity contribution is 4.82. The number of rotatable bonds is 6. The highest BCUT2D eigenvalue weighted by atomic mass is 15.2. The van der Waals surface area contributed by atoms with Crippen LogP contribution >= 0.6 is 0 Å². The summed E-state index contributed by atoms with van der Waals surface area (Å²) < 4.78 is 0. The summed E-state index contributed by atoms with van der Waals surface area (Å²) in [5.74, 6) is 2.87. The van der Waals surface area contributed by atoms with Gasteiger partial charge in [-0.1, -0.05) is 26.7 Å². The van der Waals surface area contributed by atoms with Gasteiger partial charge in [-0.15, -0.1) is 0 Å². The monoisotopic (exact) mass is 322 g/mol. The van der Waals surface area contributed by atoms with Crippen LogP contribution in [0.2, 0.25) is 0 Å². The Bertz CT molecular complexity index is 315. The molecule has 2 aliphatic heterocycles. The SMILES string of the molecule is CC(C)C1CCN(CCCCC2CCN(C(C)(C)C)CC2)CC1.